The Morgan fingerprint density at radius 1 is 1.71 bits per heavy atom. The molecule has 0 aliphatic heterocycles. The van der Waals surface area contributed by atoms with Crippen LogP contribution in [0.4, 0.5) is 0 Å². The van der Waals surface area contributed by atoms with Crippen LogP contribution in [0.15, 0.2) is 24.4 Å². The van der Waals surface area contributed by atoms with Crippen molar-refractivity contribution in [1.29, 1.82) is 0 Å². The molecule has 0 fully saturated rings. The van der Waals surface area contributed by atoms with Gasteiger partial charge in [-0.25, -0.2) is 0 Å². The summed E-state index contributed by atoms with van der Waals surface area (Å²) in [6.07, 6.45) is 3.18. The zero-order chi connectivity index (χ0) is 5.70. The second kappa shape index (κ2) is 3.82. The molecule has 0 bridgehead atoms. The second-order valence-corrected chi connectivity index (χ2v) is 1.31. The van der Waals surface area contributed by atoms with Crippen LogP contribution in [0.2, 0.25) is 0 Å². The number of hydrogen-bond donors (Lipinski definition) is 1. The minimum absolute atomic E-state index is 0.617. The predicted octanol–water partition coefficient (Wildman–Crippen LogP) is 0.364. The van der Waals surface area contributed by atoms with Crippen molar-refractivity contribution in [2.24, 2.45) is 5.73 Å². The number of nitrogens with two attached hydrogens (primary N) is 1. The van der Waals surface area contributed by atoms with Crippen LogP contribution < -0.4 is 5.73 Å². The van der Waals surface area contributed by atoms with Crippen LogP contribution in [0.25, 0.3) is 0 Å². The topological polar surface area (TPSA) is 26.0 Å². The molecule has 0 aliphatic carbocycles. The van der Waals surface area contributed by atoms with Gasteiger partial charge in [-0.2, -0.15) is 0 Å². The van der Waals surface area contributed by atoms with E-state index in [4.69, 9.17) is 5.73 Å². The van der Waals surface area contributed by atoms with Crippen molar-refractivity contribution in [2.45, 2.75) is 0 Å². The van der Waals surface area contributed by atoms with Gasteiger partial charge in [0.1, 0.15) is 0 Å². The fourth-order valence-electron chi connectivity index (χ4n) is 0.129. The summed E-state index contributed by atoms with van der Waals surface area (Å²) < 4.78 is 0. The molecule has 7 heavy (non-hydrogen) atoms. The Kier molecular flexibility index (Phi) is 3.63. The Balaban J connectivity index is 3.72. The molecule has 2 heteroatoms. The number of allylic oxidation sites excluding steroid dienone is 2. The van der Waals surface area contributed by atoms with Gasteiger partial charge in [0.25, 0.3) is 0 Å². The van der Waals surface area contributed by atoms with E-state index in [-0.39, 0.29) is 0 Å². The first-order chi connectivity index (χ1) is 3.31. The fourth-order valence-corrected chi connectivity index (χ4v) is 0.319. The molecule has 0 saturated heterocycles. The summed E-state index contributed by atoms with van der Waals surface area (Å²) in [4.78, 5) is 1.50. The molecular weight excluding hydrogens is 133 g/mol. The van der Waals surface area contributed by atoms with Gasteiger partial charge in [-0.05, 0) is 0 Å². The first-order valence-corrected chi connectivity index (χ1v) is 2.36. The normalized spacial score (nSPS) is 10.9. The summed E-state index contributed by atoms with van der Waals surface area (Å²) in [5.74, 6) is 0. The van der Waals surface area contributed by atoms with E-state index in [0.29, 0.717) is 5.70 Å². The van der Waals surface area contributed by atoms with Gasteiger partial charge >= 0.3 is 50.2 Å². The van der Waals surface area contributed by atoms with E-state index in [9.17, 15) is 0 Å². The Morgan fingerprint density at radius 2 is 2.29 bits per heavy atom. The third-order valence-corrected chi connectivity index (χ3v) is 0.645. The molecule has 0 radical (unpaired) electrons. The molecule has 0 amide bonds. The van der Waals surface area contributed by atoms with Crippen molar-refractivity contribution >= 4 is 4.99 Å². The van der Waals surface area contributed by atoms with Gasteiger partial charge in [0.2, 0.25) is 0 Å². The quantitative estimate of drug-likeness (QED) is 0.434. The van der Waals surface area contributed by atoms with E-state index < -0.39 is 0 Å². The molecule has 2 N–H and O–H groups in total. The van der Waals surface area contributed by atoms with Crippen LogP contribution in [0.3, 0.4) is 0 Å². The summed E-state index contributed by atoms with van der Waals surface area (Å²) in [7, 11) is 0. The van der Waals surface area contributed by atoms with Gasteiger partial charge in [0.15, 0.2) is 0 Å². The monoisotopic (exact) mass is 139 g/mol. The van der Waals surface area contributed by atoms with Gasteiger partial charge in [-0.15, -0.1) is 0 Å². The first-order valence-electron chi connectivity index (χ1n) is 1.79. The molecule has 0 aromatic heterocycles. The maximum absolute atomic E-state index is 5.24. The van der Waals surface area contributed by atoms with E-state index in [2.05, 4.69) is 21.6 Å². The molecule has 0 heterocycles. The molecular formula is C5H7NNi. The molecule has 0 atom stereocenters. The Labute approximate surface area is 50.8 Å². The molecule has 0 aliphatic rings. The van der Waals surface area contributed by atoms with Crippen LogP contribution in [0, 0.1) is 0 Å². The second-order valence-electron chi connectivity index (χ2n) is 0.976. The molecule has 0 rings (SSSR count). The third-order valence-electron chi connectivity index (χ3n) is 0.481. The average Bonchev–Trinajstić information content (AvgIpc) is 1.68. The van der Waals surface area contributed by atoms with Gasteiger partial charge in [0.05, 0.1) is 0 Å². The SMILES string of the molecule is C=C/C(N)=C\[CH]=[Ni]. The predicted molar refractivity (Wildman–Crippen MR) is 28.5 cm³/mol. The van der Waals surface area contributed by atoms with Gasteiger partial charge in [-0.1, -0.05) is 0 Å². The molecule has 0 unspecified atom stereocenters. The Morgan fingerprint density at radius 3 is 2.43 bits per heavy atom. The van der Waals surface area contributed by atoms with Crippen molar-refractivity contribution in [1.82, 2.24) is 0 Å². The summed E-state index contributed by atoms with van der Waals surface area (Å²) in [6.45, 7) is 3.42. The van der Waals surface area contributed by atoms with Gasteiger partial charge < -0.3 is 0 Å². The summed E-state index contributed by atoms with van der Waals surface area (Å²) in [6, 6.07) is 0. The summed E-state index contributed by atoms with van der Waals surface area (Å²) >= 11 is 4.21. The van der Waals surface area contributed by atoms with Crippen LogP contribution in [-0.4, -0.2) is 4.99 Å². The van der Waals surface area contributed by atoms with Crippen LogP contribution in [0.5, 0.6) is 0 Å². The van der Waals surface area contributed by atoms with Crippen molar-refractivity contribution in [2.75, 3.05) is 0 Å². The minimum atomic E-state index is 0.617. The molecule has 0 aromatic rings. The van der Waals surface area contributed by atoms with Crippen molar-refractivity contribution in [3.63, 3.8) is 0 Å². The van der Waals surface area contributed by atoms with Crippen molar-refractivity contribution in [3.05, 3.63) is 24.4 Å². The maximum atomic E-state index is 5.24. The van der Waals surface area contributed by atoms with E-state index in [0.717, 1.165) is 0 Å². The Hall–Kier alpha value is -0.356. The fraction of sp³-hybridized carbons (Fsp3) is 0. The number of hydrogen-bond acceptors (Lipinski definition) is 1. The molecule has 0 aromatic carbocycles. The van der Waals surface area contributed by atoms with E-state index in [1.165, 1.54) is 4.99 Å². The molecule has 0 saturated carbocycles. The zero-order valence-electron chi connectivity index (χ0n) is 3.83. The molecule has 1 nitrogen and oxygen atoms in total. The van der Waals surface area contributed by atoms with E-state index >= 15 is 0 Å². The summed E-state index contributed by atoms with van der Waals surface area (Å²) in [5, 5.41) is 0. The van der Waals surface area contributed by atoms with E-state index in [1.807, 2.05) is 0 Å². The summed E-state index contributed by atoms with van der Waals surface area (Å²) in [5.41, 5.74) is 5.85. The van der Waals surface area contributed by atoms with Crippen LogP contribution >= 0.6 is 0 Å². The first kappa shape index (κ1) is 6.64. The number of rotatable bonds is 2. The molecule has 0 spiro atoms. The third kappa shape index (κ3) is 3.47. The van der Waals surface area contributed by atoms with Gasteiger partial charge in [0, 0.05) is 0 Å². The molecule has 42 valence electrons. The van der Waals surface area contributed by atoms with E-state index in [1.54, 1.807) is 12.2 Å². The standard InChI is InChI=1S/C5H7N.Ni/c1-3-5(6)4-2;/h1,3-4H,2,6H2;/b5-3+;. The van der Waals surface area contributed by atoms with Crippen LogP contribution in [-0.2, 0) is 15.0 Å². The van der Waals surface area contributed by atoms with Crippen molar-refractivity contribution in [3.8, 4) is 0 Å². The average molecular weight is 140 g/mol. The van der Waals surface area contributed by atoms with Crippen molar-refractivity contribution < 1.29 is 15.0 Å². The Bertz CT molecular complexity index is 105. The van der Waals surface area contributed by atoms with Gasteiger partial charge in [-0.3, -0.25) is 0 Å². The zero-order valence-corrected chi connectivity index (χ0v) is 4.82. The van der Waals surface area contributed by atoms with Crippen LogP contribution in [0.1, 0.15) is 0 Å².